The molecule has 0 saturated heterocycles. The minimum atomic E-state index is -0.998. The van der Waals surface area contributed by atoms with E-state index in [0.717, 1.165) is 10.0 Å². The molecule has 1 unspecified atom stereocenters. The molecule has 1 aromatic rings. The minimum Gasteiger partial charge on any atom is -0.496 e. The number of rotatable bonds is 4. The molecule has 0 bridgehead atoms. The maximum Gasteiger partial charge on any atom is 0.320 e. The third-order valence-electron chi connectivity index (χ3n) is 1.99. The molecule has 15 heavy (non-hydrogen) atoms. The maximum absolute atomic E-state index is 10.6. The van der Waals surface area contributed by atoms with Gasteiger partial charge in [-0.05, 0) is 40.0 Å². The van der Waals surface area contributed by atoms with Crippen molar-refractivity contribution in [2.75, 3.05) is 7.11 Å². The van der Waals surface area contributed by atoms with Gasteiger partial charge in [-0.25, -0.2) is 0 Å². The van der Waals surface area contributed by atoms with Crippen LogP contribution < -0.4 is 10.5 Å². The smallest absolute Gasteiger partial charge is 0.320 e. The fraction of sp³-hybridized carbons (Fsp3) is 0.300. The molecule has 0 heterocycles. The van der Waals surface area contributed by atoms with Gasteiger partial charge in [0.1, 0.15) is 11.8 Å². The van der Waals surface area contributed by atoms with Crippen molar-refractivity contribution in [2.24, 2.45) is 5.73 Å². The highest BCUT2D eigenvalue weighted by Gasteiger charge is 2.12. The van der Waals surface area contributed by atoms with Crippen LogP contribution in [0, 0.1) is 0 Å². The van der Waals surface area contributed by atoms with E-state index in [0.29, 0.717) is 12.2 Å². The fourth-order valence-electron chi connectivity index (χ4n) is 1.18. The molecule has 5 heteroatoms. The van der Waals surface area contributed by atoms with E-state index in [2.05, 4.69) is 15.9 Å². The second kappa shape index (κ2) is 5.14. The summed E-state index contributed by atoms with van der Waals surface area (Å²) in [6.45, 7) is 0. The molecule has 1 rings (SSSR count). The molecule has 0 spiro atoms. The summed E-state index contributed by atoms with van der Waals surface area (Å²) in [7, 11) is 1.57. The zero-order chi connectivity index (χ0) is 11.4. The highest BCUT2D eigenvalue weighted by molar-refractivity contribution is 9.10. The third-order valence-corrected chi connectivity index (χ3v) is 2.61. The number of hydrogen-bond acceptors (Lipinski definition) is 3. The number of aliphatic carboxylic acids is 1. The fourth-order valence-corrected chi connectivity index (χ4v) is 1.77. The molecular weight excluding hydrogens is 262 g/mol. The Morgan fingerprint density at radius 3 is 2.80 bits per heavy atom. The lowest BCUT2D eigenvalue weighted by atomic mass is 10.1. The van der Waals surface area contributed by atoms with Crippen molar-refractivity contribution in [2.45, 2.75) is 12.5 Å². The van der Waals surface area contributed by atoms with Crippen molar-refractivity contribution in [1.29, 1.82) is 0 Å². The Hall–Kier alpha value is -1.07. The van der Waals surface area contributed by atoms with E-state index in [-0.39, 0.29) is 0 Å². The number of carboxylic acid groups (broad SMARTS) is 1. The van der Waals surface area contributed by atoms with Gasteiger partial charge in [0.15, 0.2) is 0 Å². The Balaban J connectivity index is 2.79. The molecule has 1 atom stereocenters. The predicted molar refractivity (Wildman–Crippen MR) is 60.0 cm³/mol. The van der Waals surface area contributed by atoms with Crippen LogP contribution in [0.1, 0.15) is 5.56 Å². The van der Waals surface area contributed by atoms with Gasteiger partial charge in [0.2, 0.25) is 0 Å². The number of benzene rings is 1. The number of carboxylic acids is 1. The molecule has 82 valence electrons. The highest BCUT2D eigenvalue weighted by Crippen LogP contribution is 2.25. The summed E-state index contributed by atoms with van der Waals surface area (Å²) < 4.78 is 5.85. The zero-order valence-corrected chi connectivity index (χ0v) is 9.82. The first-order chi connectivity index (χ1) is 7.04. The average molecular weight is 274 g/mol. The molecule has 0 fully saturated rings. The van der Waals surface area contributed by atoms with Crippen molar-refractivity contribution in [3.05, 3.63) is 28.2 Å². The normalized spacial score (nSPS) is 12.2. The van der Waals surface area contributed by atoms with E-state index in [9.17, 15) is 4.79 Å². The van der Waals surface area contributed by atoms with Crippen LogP contribution in [0.5, 0.6) is 5.75 Å². The van der Waals surface area contributed by atoms with E-state index >= 15 is 0 Å². The molecule has 1 aromatic carbocycles. The molecule has 0 aliphatic rings. The van der Waals surface area contributed by atoms with Gasteiger partial charge >= 0.3 is 5.97 Å². The summed E-state index contributed by atoms with van der Waals surface area (Å²) in [5.41, 5.74) is 6.28. The molecule has 0 aromatic heterocycles. The van der Waals surface area contributed by atoms with Gasteiger partial charge in [-0.1, -0.05) is 6.07 Å². The number of hydrogen-bond donors (Lipinski definition) is 2. The third kappa shape index (κ3) is 3.21. The topological polar surface area (TPSA) is 72.5 Å². The van der Waals surface area contributed by atoms with Gasteiger partial charge in [-0.2, -0.15) is 0 Å². The standard InChI is InChI=1S/C10H12BrNO3/c1-15-9-3-2-6(4-7(9)11)5-8(12)10(13)14/h2-4,8H,5,12H2,1H3,(H,13,14). The van der Waals surface area contributed by atoms with Crippen molar-refractivity contribution in [3.8, 4) is 5.75 Å². The van der Waals surface area contributed by atoms with E-state index in [4.69, 9.17) is 15.6 Å². The number of carbonyl (C=O) groups is 1. The van der Waals surface area contributed by atoms with Crippen LogP contribution in [0.25, 0.3) is 0 Å². The molecule has 4 nitrogen and oxygen atoms in total. The summed E-state index contributed by atoms with van der Waals surface area (Å²) in [5, 5.41) is 8.65. The summed E-state index contributed by atoms with van der Waals surface area (Å²) in [4.78, 5) is 10.6. The molecule has 3 N–H and O–H groups in total. The predicted octanol–water partition coefficient (Wildman–Crippen LogP) is 1.41. The van der Waals surface area contributed by atoms with E-state index < -0.39 is 12.0 Å². The lowest BCUT2D eigenvalue weighted by molar-refractivity contribution is -0.138. The first-order valence-corrected chi connectivity index (χ1v) is 5.14. The molecule has 0 aliphatic heterocycles. The molecule has 0 amide bonds. The van der Waals surface area contributed by atoms with Crippen LogP contribution in [0.4, 0.5) is 0 Å². The summed E-state index contributed by atoms with van der Waals surface area (Å²) >= 11 is 3.32. The molecule has 0 saturated carbocycles. The van der Waals surface area contributed by atoms with Crippen LogP contribution in [-0.4, -0.2) is 24.2 Å². The van der Waals surface area contributed by atoms with Gasteiger partial charge in [-0.3, -0.25) is 4.79 Å². The van der Waals surface area contributed by atoms with Crippen molar-refractivity contribution in [3.63, 3.8) is 0 Å². The van der Waals surface area contributed by atoms with E-state index in [1.807, 2.05) is 6.07 Å². The Bertz CT molecular complexity index is 368. The number of halogens is 1. The largest absolute Gasteiger partial charge is 0.496 e. The molecule has 0 radical (unpaired) electrons. The molecule has 0 aliphatic carbocycles. The van der Waals surface area contributed by atoms with Crippen LogP contribution in [0.3, 0.4) is 0 Å². The minimum absolute atomic E-state index is 0.303. The Labute approximate surface area is 96.2 Å². The average Bonchev–Trinajstić information content (AvgIpc) is 2.18. The summed E-state index contributed by atoms with van der Waals surface area (Å²) in [5.74, 6) is -0.287. The van der Waals surface area contributed by atoms with Gasteiger partial charge in [0.05, 0.1) is 11.6 Å². The number of nitrogens with two attached hydrogens (primary N) is 1. The highest BCUT2D eigenvalue weighted by atomic mass is 79.9. The lowest BCUT2D eigenvalue weighted by Crippen LogP contribution is -2.32. The molecular formula is C10H12BrNO3. The SMILES string of the molecule is COc1ccc(CC(N)C(=O)O)cc1Br. The quantitative estimate of drug-likeness (QED) is 0.870. The monoisotopic (exact) mass is 273 g/mol. The first-order valence-electron chi connectivity index (χ1n) is 4.35. The summed E-state index contributed by atoms with van der Waals surface area (Å²) in [6, 6.07) is 4.51. The van der Waals surface area contributed by atoms with E-state index in [1.54, 1.807) is 19.2 Å². The van der Waals surface area contributed by atoms with Gasteiger partial charge in [0, 0.05) is 0 Å². The first kappa shape index (κ1) is 12.0. The second-order valence-electron chi connectivity index (χ2n) is 3.12. The van der Waals surface area contributed by atoms with Crippen LogP contribution >= 0.6 is 15.9 Å². The lowest BCUT2D eigenvalue weighted by Gasteiger charge is -2.08. The van der Waals surface area contributed by atoms with Crippen molar-refractivity contribution >= 4 is 21.9 Å². The van der Waals surface area contributed by atoms with Gasteiger partial charge in [-0.15, -0.1) is 0 Å². The maximum atomic E-state index is 10.6. The zero-order valence-electron chi connectivity index (χ0n) is 8.24. The number of methoxy groups -OCH3 is 1. The van der Waals surface area contributed by atoms with Crippen molar-refractivity contribution < 1.29 is 14.6 Å². The Kier molecular flexibility index (Phi) is 4.11. The second-order valence-corrected chi connectivity index (χ2v) is 3.97. The summed E-state index contributed by atoms with van der Waals surface area (Å²) in [6.07, 6.45) is 0.303. The van der Waals surface area contributed by atoms with Crippen LogP contribution in [0.15, 0.2) is 22.7 Å². The Morgan fingerprint density at radius 2 is 2.33 bits per heavy atom. The van der Waals surface area contributed by atoms with Gasteiger partial charge in [0.25, 0.3) is 0 Å². The van der Waals surface area contributed by atoms with Gasteiger partial charge < -0.3 is 15.6 Å². The Morgan fingerprint density at radius 1 is 1.67 bits per heavy atom. The van der Waals surface area contributed by atoms with E-state index in [1.165, 1.54) is 0 Å². The number of ether oxygens (including phenoxy) is 1. The van der Waals surface area contributed by atoms with Crippen LogP contribution in [0.2, 0.25) is 0 Å². The van der Waals surface area contributed by atoms with Crippen LogP contribution in [-0.2, 0) is 11.2 Å². The van der Waals surface area contributed by atoms with Crippen molar-refractivity contribution in [1.82, 2.24) is 0 Å².